The Bertz CT molecular complexity index is 992. The van der Waals surface area contributed by atoms with Crippen molar-refractivity contribution in [3.05, 3.63) is 52.3 Å². The summed E-state index contributed by atoms with van der Waals surface area (Å²) < 4.78 is 10.4. The molecule has 1 amide bonds. The molecule has 168 valence electrons. The minimum atomic E-state index is -0.511. The van der Waals surface area contributed by atoms with Gasteiger partial charge in [0.25, 0.3) is 5.69 Å². The van der Waals surface area contributed by atoms with Gasteiger partial charge in [-0.2, -0.15) is 0 Å². The van der Waals surface area contributed by atoms with Crippen LogP contribution in [0.4, 0.5) is 11.6 Å². The van der Waals surface area contributed by atoms with E-state index in [1.165, 1.54) is 24.3 Å². The van der Waals surface area contributed by atoms with Crippen LogP contribution in [0.3, 0.4) is 0 Å². The van der Waals surface area contributed by atoms with Crippen LogP contribution < -0.4 is 19.7 Å². The van der Waals surface area contributed by atoms with Gasteiger partial charge in [0.2, 0.25) is 18.6 Å². The van der Waals surface area contributed by atoms with Gasteiger partial charge in [0, 0.05) is 51.2 Å². The number of carbonyl (C=O) groups excluding carboxylic acids is 1. The molecule has 11 heteroatoms. The molecular weight excluding hydrogens is 416 g/mol. The highest BCUT2D eigenvalue weighted by Gasteiger charge is 2.22. The molecule has 1 aromatic heterocycles. The largest absolute Gasteiger partial charge is 0.454 e. The Kier molecular flexibility index (Phi) is 6.75. The molecular formula is C21H24N6O5. The fraction of sp³-hybridized carbons (Fsp3) is 0.381. The first-order chi connectivity index (χ1) is 15.6. The number of hydrogen-bond donors (Lipinski definition) is 1. The molecule has 3 heterocycles. The van der Waals surface area contributed by atoms with Gasteiger partial charge in [0.05, 0.1) is 16.6 Å². The fourth-order valence-electron chi connectivity index (χ4n) is 3.60. The van der Waals surface area contributed by atoms with E-state index >= 15 is 0 Å². The van der Waals surface area contributed by atoms with Gasteiger partial charge in [-0.25, -0.2) is 9.97 Å². The van der Waals surface area contributed by atoms with E-state index in [-0.39, 0.29) is 24.0 Å². The van der Waals surface area contributed by atoms with Crippen molar-refractivity contribution in [2.24, 2.45) is 0 Å². The summed E-state index contributed by atoms with van der Waals surface area (Å²) in [5.74, 6) is 1.21. The summed E-state index contributed by atoms with van der Waals surface area (Å²) in [4.78, 5) is 36.0. The molecule has 2 aliphatic rings. The van der Waals surface area contributed by atoms with E-state index in [9.17, 15) is 14.9 Å². The van der Waals surface area contributed by atoms with E-state index in [1.807, 2.05) is 0 Å². The molecule has 1 fully saturated rings. The number of nitrogens with zero attached hydrogens (tertiary/aromatic N) is 5. The van der Waals surface area contributed by atoms with Crippen LogP contribution in [0.25, 0.3) is 6.08 Å². The zero-order chi connectivity index (χ0) is 22.3. The molecule has 0 radical (unpaired) electrons. The Morgan fingerprint density at radius 3 is 2.59 bits per heavy atom. The number of piperazine rings is 1. The van der Waals surface area contributed by atoms with E-state index in [0.717, 1.165) is 45.1 Å². The fourth-order valence-corrected chi connectivity index (χ4v) is 3.60. The van der Waals surface area contributed by atoms with Crippen molar-refractivity contribution in [2.75, 3.05) is 51.0 Å². The predicted molar refractivity (Wildman–Crippen MR) is 117 cm³/mol. The van der Waals surface area contributed by atoms with Gasteiger partial charge in [0.15, 0.2) is 11.5 Å². The Labute approximate surface area is 184 Å². The highest BCUT2D eigenvalue weighted by molar-refractivity contribution is 5.92. The SMILES string of the molecule is O=C(/C=C/c1cc2c(cc1[N+](=O)[O-])OCO2)NCCCN1CCN(c2ncccn2)CC1. The van der Waals surface area contributed by atoms with Gasteiger partial charge in [0.1, 0.15) is 0 Å². The van der Waals surface area contributed by atoms with E-state index in [4.69, 9.17) is 9.47 Å². The predicted octanol–water partition coefficient (Wildman–Crippen LogP) is 1.46. The molecule has 2 aliphatic heterocycles. The average molecular weight is 440 g/mol. The summed E-state index contributed by atoms with van der Waals surface area (Å²) in [6.45, 7) is 4.99. The highest BCUT2D eigenvalue weighted by atomic mass is 16.7. The third-order valence-electron chi connectivity index (χ3n) is 5.29. The number of nitro groups is 1. The second-order valence-electron chi connectivity index (χ2n) is 7.38. The van der Waals surface area contributed by atoms with Crippen LogP contribution in [0.5, 0.6) is 11.5 Å². The number of aromatic nitrogens is 2. The average Bonchev–Trinajstić information content (AvgIpc) is 3.28. The zero-order valence-corrected chi connectivity index (χ0v) is 17.5. The van der Waals surface area contributed by atoms with Gasteiger partial charge in [-0.1, -0.05) is 0 Å². The quantitative estimate of drug-likeness (QED) is 0.281. The van der Waals surface area contributed by atoms with Crippen LogP contribution in [-0.4, -0.2) is 71.8 Å². The molecule has 2 aromatic rings. The normalized spacial score (nSPS) is 15.8. The molecule has 0 atom stereocenters. The molecule has 0 aliphatic carbocycles. The number of fused-ring (bicyclic) bond motifs is 1. The number of nitro benzene ring substituents is 1. The maximum Gasteiger partial charge on any atom is 0.280 e. The number of ether oxygens (including phenoxy) is 2. The Balaban J connectivity index is 1.19. The smallest absolute Gasteiger partial charge is 0.280 e. The zero-order valence-electron chi connectivity index (χ0n) is 17.5. The minimum absolute atomic E-state index is 0.0230. The maximum absolute atomic E-state index is 12.1. The second-order valence-corrected chi connectivity index (χ2v) is 7.38. The van der Waals surface area contributed by atoms with Crippen molar-refractivity contribution in [1.82, 2.24) is 20.2 Å². The van der Waals surface area contributed by atoms with Gasteiger partial charge < -0.3 is 19.7 Å². The maximum atomic E-state index is 12.1. The minimum Gasteiger partial charge on any atom is -0.454 e. The van der Waals surface area contributed by atoms with Crippen molar-refractivity contribution < 1.29 is 19.2 Å². The van der Waals surface area contributed by atoms with Gasteiger partial charge >= 0.3 is 0 Å². The number of anilines is 1. The second kappa shape index (κ2) is 10.1. The standard InChI is InChI=1S/C21H24N6O5/c28-20(4-3-16-13-18-19(32-15-31-18)14-17(16)27(29)30)22-7-2-8-25-9-11-26(12-10-25)21-23-5-1-6-24-21/h1,3-6,13-14H,2,7-12,15H2,(H,22,28)/b4-3+. The van der Waals surface area contributed by atoms with E-state index in [1.54, 1.807) is 18.5 Å². The first-order valence-electron chi connectivity index (χ1n) is 10.4. The summed E-state index contributed by atoms with van der Waals surface area (Å²) in [6.07, 6.45) is 7.02. The number of hydrogen-bond acceptors (Lipinski definition) is 9. The van der Waals surface area contributed by atoms with E-state index in [2.05, 4.69) is 25.1 Å². The first kappa shape index (κ1) is 21.5. The van der Waals surface area contributed by atoms with Crippen LogP contribution >= 0.6 is 0 Å². The van der Waals surface area contributed by atoms with Crippen LogP contribution in [0.2, 0.25) is 0 Å². The van der Waals surface area contributed by atoms with Crippen molar-refractivity contribution in [3.63, 3.8) is 0 Å². The lowest BCUT2D eigenvalue weighted by atomic mass is 10.1. The van der Waals surface area contributed by atoms with Crippen molar-refractivity contribution >= 4 is 23.6 Å². The topological polar surface area (TPSA) is 123 Å². The third kappa shape index (κ3) is 5.30. The molecule has 0 unspecified atom stereocenters. The summed E-state index contributed by atoms with van der Waals surface area (Å²) in [5.41, 5.74) is 0.146. The van der Waals surface area contributed by atoms with E-state index in [0.29, 0.717) is 18.0 Å². The van der Waals surface area contributed by atoms with Crippen molar-refractivity contribution in [3.8, 4) is 11.5 Å². The lowest BCUT2D eigenvalue weighted by molar-refractivity contribution is -0.385. The van der Waals surface area contributed by atoms with Gasteiger partial charge in [-0.05, 0) is 31.2 Å². The summed E-state index contributed by atoms with van der Waals surface area (Å²) in [7, 11) is 0. The lowest BCUT2D eigenvalue weighted by Gasteiger charge is -2.34. The van der Waals surface area contributed by atoms with Crippen molar-refractivity contribution in [1.29, 1.82) is 0 Å². The molecule has 32 heavy (non-hydrogen) atoms. The van der Waals surface area contributed by atoms with Crippen molar-refractivity contribution in [2.45, 2.75) is 6.42 Å². The number of amides is 1. The van der Waals surface area contributed by atoms with Gasteiger partial charge in [-0.15, -0.1) is 0 Å². The number of carbonyl (C=O) groups is 1. The number of nitrogens with one attached hydrogen (secondary N) is 1. The Hall–Kier alpha value is -3.73. The molecule has 11 nitrogen and oxygen atoms in total. The molecule has 4 rings (SSSR count). The molecule has 0 saturated carbocycles. The Morgan fingerprint density at radius 2 is 1.88 bits per heavy atom. The first-order valence-corrected chi connectivity index (χ1v) is 10.4. The van der Waals surface area contributed by atoms with E-state index < -0.39 is 4.92 Å². The van der Waals surface area contributed by atoms with Crippen LogP contribution in [-0.2, 0) is 4.79 Å². The molecule has 1 N–H and O–H groups in total. The molecule has 0 spiro atoms. The number of rotatable bonds is 8. The number of benzene rings is 1. The van der Waals surface area contributed by atoms with Crippen LogP contribution in [0, 0.1) is 10.1 Å². The monoisotopic (exact) mass is 440 g/mol. The summed E-state index contributed by atoms with van der Waals surface area (Å²) >= 11 is 0. The lowest BCUT2D eigenvalue weighted by Crippen LogP contribution is -2.47. The van der Waals surface area contributed by atoms with Gasteiger partial charge in [-0.3, -0.25) is 19.8 Å². The Morgan fingerprint density at radius 1 is 1.16 bits per heavy atom. The summed E-state index contributed by atoms with van der Waals surface area (Å²) in [5, 5.41) is 14.1. The molecule has 1 saturated heterocycles. The van der Waals surface area contributed by atoms with Crippen LogP contribution in [0.15, 0.2) is 36.7 Å². The van der Waals surface area contributed by atoms with Crippen LogP contribution in [0.1, 0.15) is 12.0 Å². The summed E-state index contributed by atoms with van der Waals surface area (Å²) in [6, 6.07) is 4.62. The molecule has 0 bridgehead atoms. The third-order valence-corrected chi connectivity index (χ3v) is 5.29. The molecule has 1 aromatic carbocycles. The highest BCUT2D eigenvalue weighted by Crippen LogP contribution is 2.38.